The molecule has 0 saturated carbocycles. The number of carboxylic acid groups (broad SMARTS) is 1. The Bertz CT molecular complexity index is 821. The van der Waals surface area contributed by atoms with Gasteiger partial charge in [0.1, 0.15) is 0 Å². The molecule has 1 heterocycles. The van der Waals surface area contributed by atoms with Crippen molar-refractivity contribution in [1.29, 1.82) is 0 Å². The fraction of sp³-hybridized carbons (Fsp3) is 0.0556. The highest BCUT2D eigenvalue weighted by Crippen LogP contribution is 2.24. The predicted octanol–water partition coefficient (Wildman–Crippen LogP) is 1.86. The van der Waals surface area contributed by atoms with Crippen LogP contribution in [0.15, 0.2) is 65.3 Å². The molecule has 0 N–H and O–H groups in total. The lowest BCUT2D eigenvalue weighted by atomic mass is 10.1. The van der Waals surface area contributed by atoms with Crippen LogP contribution in [0.3, 0.4) is 0 Å². The van der Waals surface area contributed by atoms with Crippen molar-refractivity contribution in [3.05, 3.63) is 71.3 Å². The molecule has 2 aromatic rings. The molecule has 0 bridgehead atoms. The number of para-hydroxylation sites is 1. The molecule has 0 unspecified atom stereocenters. The van der Waals surface area contributed by atoms with Gasteiger partial charge in [-0.25, -0.2) is 0 Å². The second kappa shape index (κ2) is 5.88. The van der Waals surface area contributed by atoms with E-state index < -0.39 is 5.97 Å². The van der Waals surface area contributed by atoms with Gasteiger partial charge in [0, 0.05) is 0 Å². The van der Waals surface area contributed by atoms with Gasteiger partial charge in [-0.05, 0) is 36.3 Å². The molecule has 0 atom stereocenters. The zero-order valence-electron chi connectivity index (χ0n) is 12.4. The van der Waals surface area contributed by atoms with E-state index in [0.29, 0.717) is 17.0 Å². The van der Waals surface area contributed by atoms with Gasteiger partial charge >= 0.3 is 0 Å². The molecule has 2 aromatic carbocycles. The van der Waals surface area contributed by atoms with Crippen molar-refractivity contribution in [3.8, 4) is 0 Å². The number of nitrogens with zero attached hydrogens (tertiary/aromatic N) is 2. The normalized spacial score (nSPS) is 15.9. The first kappa shape index (κ1) is 14.7. The largest absolute Gasteiger partial charge is 0.545 e. The number of hydrazone groups is 1. The average Bonchev–Trinajstić information content (AvgIpc) is 2.84. The number of carbonyl (C=O) groups is 2. The number of carbonyl (C=O) groups excluding carboxylic acids is 2. The van der Waals surface area contributed by atoms with Crippen LogP contribution in [-0.4, -0.2) is 17.6 Å². The number of hydrogen-bond acceptors (Lipinski definition) is 4. The fourth-order valence-electron chi connectivity index (χ4n) is 2.31. The molecule has 0 radical (unpaired) electrons. The predicted molar refractivity (Wildman–Crippen MR) is 85.8 cm³/mol. The van der Waals surface area contributed by atoms with Crippen LogP contribution in [0.5, 0.6) is 0 Å². The van der Waals surface area contributed by atoms with Crippen molar-refractivity contribution in [1.82, 2.24) is 0 Å². The van der Waals surface area contributed by atoms with Crippen LogP contribution in [0.25, 0.3) is 6.08 Å². The fourth-order valence-corrected chi connectivity index (χ4v) is 2.31. The van der Waals surface area contributed by atoms with Crippen molar-refractivity contribution in [2.75, 3.05) is 5.01 Å². The summed E-state index contributed by atoms with van der Waals surface area (Å²) in [6, 6.07) is 15.3. The van der Waals surface area contributed by atoms with Crippen LogP contribution < -0.4 is 10.1 Å². The zero-order valence-corrected chi connectivity index (χ0v) is 12.4. The quantitative estimate of drug-likeness (QED) is 0.812. The van der Waals surface area contributed by atoms with E-state index >= 15 is 0 Å². The number of rotatable bonds is 3. The highest BCUT2D eigenvalue weighted by atomic mass is 16.4. The Hall–Kier alpha value is -3.21. The minimum atomic E-state index is -1.23. The van der Waals surface area contributed by atoms with Crippen molar-refractivity contribution in [2.45, 2.75) is 6.92 Å². The Balaban J connectivity index is 1.90. The van der Waals surface area contributed by atoms with Gasteiger partial charge in [-0.2, -0.15) is 10.1 Å². The number of carboxylic acids is 1. The monoisotopic (exact) mass is 305 g/mol. The Morgan fingerprint density at radius 3 is 2.35 bits per heavy atom. The van der Waals surface area contributed by atoms with Crippen LogP contribution in [0.1, 0.15) is 22.8 Å². The summed E-state index contributed by atoms with van der Waals surface area (Å²) in [5.41, 5.74) is 2.62. The molecule has 1 aliphatic rings. The van der Waals surface area contributed by atoms with Gasteiger partial charge in [-0.1, -0.05) is 42.5 Å². The van der Waals surface area contributed by atoms with Crippen LogP contribution in [0, 0.1) is 0 Å². The molecule has 0 saturated heterocycles. The lowest BCUT2D eigenvalue weighted by Gasteiger charge is -2.11. The van der Waals surface area contributed by atoms with Gasteiger partial charge in [0.2, 0.25) is 0 Å². The lowest BCUT2D eigenvalue weighted by molar-refractivity contribution is -0.255. The summed E-state index contributed by atoms with van der Waals surface area (Å²) >= 11 is 0. The smallest absolute Gasteiger partial charge is 0.280 e. The molecule has 0 fully saturated rings. The Morgan fingerprint density at radius 1 is 1.09 bits per heavy atom. The van der Waals surface area contributed by atoms with Gasteiger partial charge in [0.05, 0.1) is 22.9 Å². The summed E-state index contributed by atoms with van der Waals surface area (Å²) < 4.78 is 0. The van der Waals surface area contributed by atoms with Crippen LogP contribution in [0.4, 0.5) is 5.69 Å². The number of benzene rings is 2. The molecule has 0 spiro atoms. The van der Waals surface area contributed by atoms with E-state index in [1.165, 1.54) is 17.1 Å². The van der Waals surface area contributed by atoms with Gasteiger partial charge in [0.15, 0.2) is 0 Å². The second-order valence-electron chi connectivity index (χ2n) is 5.11. The highest BCUT2D eigenvalue weighted by molar-refractivity contribution is 6.32. The second-order valence-corrected chi connectivity index (χ2v) is 5.11. The van der Waals surface area contributed by atoms with Gasteiger partial charge in [-0.3, -0.25) is 4.79 Å². The molecule has 3 rings (SSSR count). The first-order valence-corrected chi connectivity index (χ1v) is 7.04. The molecule has 5 nitrogen and oxygen atoms in total. The van der Waals surface area contributed by atoms with Crippen molar-refractivity contribution >= 4 is 29.4 Å². The van der Waals surface area contributed by atoms with E-state index in [0.717, 1.165) is 5.56 Å². The third kappa shape index (κ3) is 2.89. The molecule has 0 aliphatic carbocycles. The van der Waals surface area contributed by atoms with E-state index in [2.05, 4.69) is 5.10 Å². The Labute approximate surface area is 133 Å². The molecular formula is C18H13N2O3-. The topological polar surface area (TPSA) is 72.8 Å². The molecule has 1 amide bonds. The Kier molecular flexibility index (Phi) is 3.76. The van der Waals surface area contributed by atoms with E-state index in [9.17, 15) is 14.7 Å². The van der Waals surface area contributed by atoms with E-state index in [-0.39, 0.29) is 11.5 Å². The maximum Gasteiger partial charge on any atom is 0.280 e. The van der Waals surface area contributed by atoms with Crippen molar-refractivity contribution < 1.29 is 14.7 Å². The van der Waals surface area contributed by atoms with E-state index in [1.807, 2.05) is 30.3 Å². The van der Waals surface area contributed by atoms with E-state index in [1.54, 1.807) is 25.1 Å². The molecule has 0 aromatic heterocycles. The number of hydrogen-bond donors (Lipinski definition) is 0. The van der Waals surface area contributed by atoms with Crippen LogP contribution in [0.2, 0.25) is 0 Å². The van der Waals surface area contributed by atoms with E-state index in [4.69, 9.17) is 0 Å². The maximum atomic E-state index is 12.5. The first-order chi connectivity index (χ1) is 11.1. The summed E-state index contributed by atoms with van der Waals surface area (Å²) in [4.78, 5) is 23.3. The number of amides is 1. The Morgan fingerprint density at radius 2 is 1.74 bits per heavy atom. The molecular weight excluding hydrogens is 292 g/mol. The van der Waals surface area contributed by atoms with Gasteiger partial charge in [-0.15, -0.1) is 0 Å². The standard InChI is InChI=1S/C18H14N2O3/c1-12-16(11-13-7-9-14(10-8-13)18(22)23)17(21)20(19-12)15-5-3-2-4-6-15/h2-11H,1H3,(H,22,23)/p-1/b16-11-. The van der Waals surface area contributed by atoms with Crippen molar-refractivity contribution in [2.24, 2.45) is 5.10 Å². The lowest BCUT2D eigenvalue weighted by Crippen LogP contribution is -2.22. The van der Waals surface area contributed by atoms with Crippen molar-refractivity contribution in [3.63, 3.8) is 0 Å². The summed E-state index contributed by atoms with van der Waals surface area (Å²) in [5, 5.41) is 16.4. The third-order valence-electron chi connectivity index (χ3n) is 3.52. The SMILES string of the molecule is CC1=NN(c2ccccc2)C(=O)/C1=C\c1ccc(C(=O)[O-])cc1. The first-order valence-electron chi connectivity index (χ1n) is 7.04. The molecule has 114 valence electrons. The summed E-state index contributed by atoms with van der Waals surface area (Å²) in [6.07, 6.45) is 1.70. The zero-order chi connectivity index (χ0) is 16.4. The average molecular weight is 305 g/mol. The van der Waals surface area contributed by atoms with Gasteiger partial charge < -0.3 is 9.90 Å². The van der Waals surface area contributed by atoms with Gasteiger partial charge in [0.25, 0.3) is 5.91 Å². The minimum Gasteiger partial charge on any atom is -0.545 e. The number of anilines is 1. The summed E-state index contributed by atoms with van der Waals surface area (Å²) in [5.74, 6) is -1.44. The molecule has 1 aliphatic heterocycles. The summed E-state index contributed by atoms with van der Waals surface area (Å²) in [6.45, 7) is 1.77. The highest BCUT2D eigenvalue weighted by Gasteiger charge is 2.28. The third-order valence-corrected chi connectivity index (χ3v) is 3.52. The van der Waals surface area contributed by atoms with Crippen LogP contribution in [-0.2, 0) is 4.79 Å². The minimum absolute atomic E-state index is 0.0983. The van der Waals surface area contributed by atoms with Crippen LogP contribution >= 0.6 is 0 Å². The maximum absolute atomic E-state index is 12.5. The number of aromatic carboxylic acids is 1. The summed E-state index contributed by atoms with van der Waals surface area (Å²) in [7, 11) is 0. The molecule has 5 heteroatoms. The molecule has 23 heavy (non-hydrogen) atoms.